The minimum Gasteiger partial charge on any atom is -0.486 e. The van der Waals surface area contributed by atoms with Crippen molar-refractivity contribution in [2.24, 2.45) is 0 Å². The first-order valence-electron chi connectivity index (χ1n) is 7.04. The van der Waals surface area contributed by atoms with Gasteiger partial charge < -0.3 is 9.64 Å². The van der Waals surface area contributed by atoms with Crippen molar-refractivity contribution in [2.45, 2.75) is 29.8 Å². The predicted octanol–water partition coefficient (Wildman–Crippen LogP) is 1.52. The van der Waals surface area contributed by atoms with Crippen molar-refractivity contribution >= 4 is 15.6 Å². The highest BCUT2D eigenvalue weighted by atomic mass is 32.2. The molecule has 1 fully saturated rings. The first-order valence-corrected chi connectivity index (χ1v) is 8.93. The van der Waals surface area contributed by atoms with E-state index in [-0.39, 0.29) is 10.7 Å². The van der Waals surface area contributed by atoms with Crippen molar-refractivity contribution < 1.29 is 17.9 Å². The molecule has 0 saturated carbocycles. The molecule has 0 aliphatic carbocycles. The molecule has 0 atom stereocenters. The summed E-state index contributed by atoms with van der Waals surface area (Å²) < 4.78 is 29.3. The summed E-state index contributed by atoms with van der Waals surface area (Å²) in [4.78, 5) is 14.8. The van der Waals surface area contributed by atoms with E-state index >= 15 is 0 Å². The van der Waals surface area contributed by atoms with E-state index in [4.69, 9.17) is 4.74 Å². The zero-order chi connectivity index (χ0) is 15.3. The Morgan fingerprint density at radius 2 is 1.90 bits per heavy atom. The van der Waals surface area contributed by atoms with Crippen LogP contribution in [0.4, 0.5) is 0 Å². The first kappa shape index (κ1) is 14.5. The molecular formula is C15H19NO4S. The summed E-state index contributed by atoms with van der Waals surface area (Å²) in [5, 5.41) is 0. The molecule has 1 spiro atoms. The molecule has 0 N–H and O–H groups in total. The highest BCUT2D eigenvalue weighted by molar-refractivity contribution is 7.90. The zero-order valence-electron chi connectivity index (χ0n) is 12.3. The standard InChI is InChI=1S/C15H19NO4S/c1-16-7-5-15(6-8-16)10-13(17)12-9-11(21(2,18)19)3-4-14(12)20-15/h3-4,9H,5-8,10H2,1-2H3. The van der Waals surface area contributed by atoms with Crippen LogP contribution in [0, 0.1) is 0 Å². The Labute approximate surface area is 124 Å². The van der Waals surface area contributed by atoms with E-state index in [1.54, 1.807) is 6.07 Å². The Kier molecular flexibility index (Phi) is 3.33. The Balaban J connectivity index is 1.95. The number of carbonyl (C=O) groups excluding carboxylic acids is 1. The van der Waals surface area contributed by atoms with Gasteiger partial charge in [0.15, 0.2) is 15.6 Å². The molecule has 6 heteroatoms. The second-order valence-electron chi connectivity index (χ2n) is 6.12. The molecule has 3 rings (SSSR count). The minimum atomic E-state index is -3.31. The summed E-state index contributed by atoms with van der Waals surface area (Å²) in [6, 6.07) is 4.56. The Morgan fingerprint density at radius 3 is 2.52 bits per heavy atom. The van der Waals surface area contributed by atoms with Crippen molar-refractivity contribution in [1.29, 1.82) is 0 Å². The number of carbonyl (C=O) groups is 1. The number of benzene rings is 1. The van der Waals surface area contributed by atoms with E-state index in [1.807, 2.05) is 0 Å². The van der Waals surface area contributed by atoms with Gasteiger partial charge in [0.1, 0.15) is 11.4 Å². The van der Waals surface area contributed by atoms with Gasteiger partial charge in [0, 0.05) is 32.2 Å². The fourth-order valence-corrected chi connectivity index (χ4v) is 3.66. The van der Waals surface area contributed by atoms with Crippen LogP contribution in [-0.2, 0) is 9.84 Å². The molecule has 2 aliphatic heterocycles. The van der Waals surface area contributed by atoms with Crippen molar-refractivity contribution in [3.05, 3.63) is 23.8 Å². The molecule has 114 valence electrons. The summed E-state index contributed by atoms with van der Waals surface area (Å²) in [5.74, 6) is 0.495. The maximum atomic E-state index is 12.4. The molecule has 0 amide bonds. The summed E-state index contributed by atoms with van der Waals surface area (Å²) in [6.45, 7) is 1.81. The van der Waals surface area contributed by atoms with Crippen LogP contribution in [0.5, 0.6) is 5.75 Å². The van der Waals surface area contributed by atoms with Crippen molar-refractivity contribution in [3.63, 3.8) is 0 Å². The molecule has 1 aromatic carbocycles. The number of Topliss-reactive ketones (excluding diaryl/α,β-unsaturated/α-hetero) is 1. The second kappa shape index (κ2) is 4.81. The topological polar surface area (TPSA) is 63.7 Å². The Morgan fingerprint density at radius 1 is 1.24 bits per heavy atom. The molecule has 2 aliphatic rings. The van der Waals surface area contributed by atoms with Gasteiger partial charge in [-0.2, -0.15) is 0 Å². The largest absolute Gasteiger partial charge is 0.486 e. The average Bonchev–Trinajstić information content (AvgIpc) is 2.41. The normalized spacial score (nSPS) is 21.9. The van der Waals surface area contributed by atoms with Crippen LogP contribution < -0.4 is 4.74 Å². The predicted molar refractivity (Wildman–Crippen MR) is 78.6 cm³/mol. The molecule has 2 heterocycles. The van der Waals surface area contributed by atoms with Crippen LogP contribution in [0.3, 0.4) is 0 Å². The number of ketones is 1. The number of rotatable bonds is 1. The van der Waals surface area contributed by atoms with Crippen molar-refractivity contribution in [3.8, 4) is 5.75 Å². The van der Waals surface area contributed by atoms with Gasteiger partial charge in [-0.15, -0.1) is 0 Å². The molecular weight excluding hydrogens is 290 g/mol. The molecule has 5 nitrogen and oxygen atoms in total. The molecule has 0 bridgehead atoms. The fraction of sp³-hybridized carbons (Fsp3) is 0.533. The van der Waals surface area contributed by atoms with Crippen LogP contribution in [0.1, 0.15) is 29.6 Å². The van der Waals surface area contributed by atoms with Crippen LogP contribution in [0.25, 0.3) is 0 Å². The van der Waals surface area contributed by atoms with Gasteiger partial charge in [-0.25, -0.2) is 8.42 Å². The number of likely N-dealkylation sites (tertiary alicyclic amines) is 1. The summed E-state index contributed by atoms with van der Waals surface area (Å²) >= 11 is 0. The lowest BCUT2D eigenvalue weighted by molar-refractivity contribution is -0.00374. The number of ether oxygens (including phenoxy) is 1. The molecule has 0 radical (unpaired) electrons. The van der Waals surface area contributed by atoms with Crippen LogP contribution in [-0.4, -0.2) is 51.1 Å². The highest BCUT2D eigenvalue weighted by Gasteiger charge is 2.42. The summed E-state index contributed by atoms with van der Waals surface area (Å²) in [6.07, 6.45) is 3.12. The molecule has 0 unspecified atom stereocenters. The third-order valence-electron chi connectivity index (χ3n) is 4.39. The van der Waals surface area contributed by atoms with E-state index in [2.05, 4.69) is 11.9 Å². The van der Waals surface area contributed by atoms with Gasteiger partial charge in [-0.3, -0.25) is 4.79 Å². The van der Waals surface area contributed by atoms with Crippen LogP contribution in [0.2, 0.25) is 0 Å². The van der Waals surface area contributed by atoms with Crippen molar-refractivity contribution in [1.82, 2.24) is 4.90 Å². The average molecular weight is 309 g/mol. The maximum Gasteiger partial charge on any atom is 0.175 e. The number of fused-ring (bicyclic) bond motifs is 1. The van der Waals surface area contributed by atoms with Crippen LogP contribution in [0.15, 0.2) is 23.1 Å². The van der Waals surface area contributed by atoms with E-state index in [0.717, 1.165) is 32.2 Å². The van der Waals surface area contributed by atoms with Gasteiger partial charge in [0.2, 0.25) is 0 Å². The lowest BCUT2D eigenvalue weighted by Gasteiger charge is -2.43. The van der Waals surface area contributed by atoms with Crippen LogP contribution >= 0.6 is 0 Å². The van der Waals surface area contributed by atoms with Gasteiger partial charge in [0.25, 0.3) is 0 Å². The SMILES string of the molecule is CN1CCC2(CC1)CC(=O)c1cc(S(C)(=O)=O)ccc1O2. The second-order valence-corrected chi connectivity index (χ2v) is 8.13. The smallest absolute Gasteiger partial charge is 0.175 e. The monoisotopic (exact) mass is 309 g/mol. The minimum absolute atomic E-state index is 0.0219. The Bertz CT molecular complexity index is 688. The third kappa shape index (κ3) is 2.70. The lowest BCUT2D eigenvalue weighted by Crippen LogP contribution is -2.50. The highest BCUT2D eigenvalue weighted by Crippen LogP contribution is 2.39. The quantitative estimate of drug-likeness (QED) is 0.787. The number of piperidine rings is 1. The Hall–Kier alpha value is -1.40. The fourth-order valence-electron chi connectivity index (χ4n) is 3.01. The zero-order valence-corrected chi connectivity index (χ0v) is 13.1. The van der Waals surface area contributed by atoms with Crippen molar-refractivity contribution in [2.75, 3.05) is 26.4 Å². The van der Waals surface area contributed by atoms with Gasteiger partial charge in [-0.05, 0) is 25.2 Å². The number of hydrogen-bond acceptors (Lipinski definition) is 5. The number of sulfone groups is 1. The van der Waals surface area contributed by atoms with Gasteiger partial charge >= 0.3 is 0 Å². The third-order valence-corrected chi connectivity index (χ3v) is 5.50. The molecule has 21 heavy (non-hydrogen) atoms. The number of nitrogens with zero attached hydrogens (tertiary/aromatic N) is 1. The van der Waals surface area contributed by atoms with E-state index in [1.165, 1.54) is 12.1 Å². The van der Waals surface area contributed by atoms with Gasteiger partial charge in [0.05, 0.1) is 16.9 Å². The first-order chi connectivity index (χ1) is 9.79. The van der Waals surface area contributed by atoms with E-state index in [9.17, 15) is 13.2 Å². The van der Waals surface area contributed by atoms with E-state index < -0.39 is 15.4 Å². The lowest BCUT2D eigenvalue weighted by atomic mass is 9.82. The summed E-state index contributed by atoms with van der Waals surface area (Å²) in [5.41, 5.74) is -0.0223. The number of hydrogen-bond donors (Lipinski definition) is 0. The molecule has 0 aromatic heterocycles. The molecule has 1 saturated heterocycles. The summed E-state index contributed by atoms with van der Waals surface area (Å²) in [7, 11) is -1.26. The van der Waals surface area contributed by atoms with Gasteiger partial charge in [-0.1, -0.05) is 0 Å². The molecule has 1 aromatic rings. The van der Waals surface area contributed by atoms with E-state index in [0.29, 0.717) is 17.7 Å². The maximum absolute atomic E-state index is 12.4.